The van der Waals surface area contributed by atoms with E-state index in [0.717, 1.165) is 11.3 Å². The maximum absolute atomic E-state index is 11.7. The largest absolute Gasteiger partial charge is 0.392 e. The van der Waals surface area contributed by atoms with Gasteiger partial charge in [-0.05, 0) is 17.7 Å². The van der Waals surface area contributed by atoms with Gasteiger partial charge in [0.2, 0.25) is 5.91 Å². The Kier molecular flexibility index (Phi) is 3.86. The fourth-order valence-corrected chi connectivity index (χ4v) is 1.34. The Morgan fingerprint density at radius 2 is 1.87 bits per heavy atom. The highest BCUT2D eigenvalue weighted by atomic mass is 16.3. The first-order chi connectivity index (χ1) is 7.06. The molecule has 3 heteroatoms. The number of carbonyl (C=O) groups is 1. The second-order valence-corrected chi connectivity index (χ2v) is 3.88. The molecule has 0 aliphatic rings. The molecule has 0 heterocycles. The number of rotatable bonds is 3. The minimum absolute atomic E-state index is 0.00693. The highest BCUT2D eigenvalue weighted by Crippen LogP contribution is 2.15. The zero-order valence-corrected chi connectivity index (χ0v) is 9.40. The van der Waals surface area contributed by atoms with Gasteiger partial charge < -0.3 is 10.0 Å². The molecule has 15 heavy (non-hydrogen) atoms. The molecule has 0 aliphatic heterocycles. The van der Waals surface area contributed by atoms with Gasteiger partial charge in [0.05, 0.1) is 6.61 Å². The summed E-state index contributed by atoms with van der Waals surface area (Å²) in [5.41, 5.74) is 1.70. The molecule has 0 spiro atoms. The topological polar surface area (TPSA) is 40.5 Å². The number of amides is 1. The van der Waals surface area contributed by atoms with Gasteiger partial charge in [-0.2, -0.15) is 0 Å². The molecule has 0 bridgehead atoms. The van der Waals surface area contributed by atoms with E-state index in [1.54, 1.807) is 11.9 Å². The Labute approximate surface area is 90.3 Å². The Morgan fingerprint density at radius 1 is 1.33 bits per heavy atom. The number of carbonyl (C=O) groups excluding carboxylic acids is 1. The predicted octanol–water partition coefficient (Wildman–Crippen LogP) is 1.80. The van der Waals surface area contributed by atoms with Crippen LogP contribution in [0.1, 0.15) is 19.4 Å². The van der Waals surface area contributed by atoms with E-state index < -0.39 is 0 Å². The van der Waals surface area contributed by atoms with E-state index in [1.807, 2.05) is 38.1 Å². The van der Waals surface area contributed by atoms with Gasteiger partial charge in [0, 0.05) is 18.7 Å². The van der Waals surface area contributed by atoms with Crippen LogP contribution < -0.4 is 4.90 Å². The molecule has 1 aromatic rings. The Balaban J connectivity index is 2.82. The normalized spacial score (nSPS) is 10.5. The zero-order chi connectivity index (χ0) is 11.4. The minimum Gasteiger partial charge on any atom is -0.392 e. The summed E-state index contributed by atoms with van der Waals surface area (Å²) in [5.74, 6) is 0.0827. The van der Waals surface area contributed by atoms with Gasteiger partial charge in [0.25, 0.3) is 0 Å². The number of aliphatic hydroxyl groups is 1. The Hall–Kier alpha value is -1.35. The van der Waals surface area contributed by atoms with E-state index in [0.29, 0.717) is 0 Å². The van der Waals surface area contributed by atoms with Gasteiger partial charge in [-0.1, -0.05) is 26.0 Å². The molecule has 0 saturated carbocycles. The van der Waals surface area contributed by atoms with Crippen molar-refractivity contribution in [2.24, 2.45) is 5.92 Å². The van der Waals surface area contributed by atoms with Crippen LogP contribution in [0.3, 0.4) is 0 Å². The molecule has 0 fully saturated rings. The van der Waals surface area contributed by atoms with Gasteiger partial charge in [0.15, 0.2) is 0 Å². The molecule has 82 valence electrons. The lowest BCUT2D eigenvalue weighted by Gasteiger charge is -2.19. The number of aliphatic hydroxyl groups excluding tert-OH is 1. The van der Waals surface area contributed by atoms with Crippen molar-refractivity contribution in [2.75, 3.05) is 11.9 Å². The lowest BCUT2D eigenvalue weighted by Crippen LogP contribution is -2.30. The first-order valence-electron chi connectivity index (χ1n) is 5.03. The molecule has 0 atom stereocenters. The van der Waals surface area contributed by atoms with Gasteiger partial charge in [-0.3, -0.25) is 4.79 Å². The highest BCUT2D eigenvalue weighted by Gasteiger charge is 2.13. The summed E-state index contributed by atoms with van der Waals surface area (Å²) < 4.78 is 0. The first-order valence-corrected chi connectivity index (χ1v) is 5.03. The monoisotopic (exact) mass is 207 g/mol. The lowest BCUT2D eigenvalue weighted by atomic mass is 10.1. The van der Waals surface area contributed by atoms with E-state index >= 15 is 0 Å². The molecular weight excluding hydrogens is 190 g/mol. The van der Waals surface area contributed by atoms with E-state index in [1.165, 1.54) is 0 Å². The highest BCUT2D eigenvalue weighted by molar-refractivity contribution is 5.94. The van der Waals surface area contributed by atoms with Crippen LogP contribution in [-0.4, -0.2) is 18.1 Å². The van der Waals surface area contributed by atoms with Crippen molar-refractivity contribution in [3.63, 3.8) is 0 Å². The molecule has 3 nitrogen and oxygen atoms in total. The van der Waals surface area contributed by atoms with Crippen LogP contribution in [0.15, 0.2) is 24.3 Å². The second kappa shape index (κ2) is 4.94. The van der Waals surface area contributed by atoms with Gasteiger partial charge >= 0.3 is 0 Å². The van der Waals surface area contributed by atoms with Crippen LogP contribution >= 0.6 is 0 Å². The molecular formula is C12H17NO2. The van der Waals surface area contributed by atoms with E-state index in [9.17, 15) is 4.79 Å². The smallest absolute Gasteiger partial charge is 0.229 e. The maximum atomic E-state index is 11.7. The van der Waals surface area contributed by atoms with E-state index in [-0.39, 0.29) is 18.4 Å². The van der Waals surface area contributed by atoms with Crippen LogP contribution in [0.2, 0.25) is 0 Å². The van der Waals surface area contributed by atoms with Gasteiger partial charge in [-0.15, -0.1) is 0 Å². The van der Waals surface area contributed by atoms with Crippen molar-refractivity contribution in [1.29, 1.82) is 0 Å². The summed E-state index contributed by atoms with van der Waals surface area (Å²) in [6.07, 6.45) is 0. The fourth-order valence-electron chi connectivity index (χ4n) is 1.34. The third-order valence-electron chi connectivity index (χ3n) is 2.33. The van der Waals surface area contributed by atoms with Crippen LogP contribution in [0.4, 0.5) is 5.69 Å². The number of anilines is 1. The molecule has 0 saturated heterocycles. The molecule has 0 aromatic heterocycles. The quantitative estimate of drug-likeness (QED) is 0.821. The summed E-state index contributed by atoms with van der Waals surface area (Å²) in [6.45, 7) is 3.78. The second-order valence-electron chi connectivity index (χ2n) is 3.88. The summed E-state index contributed by atoms with van der Waals surface area (Å²) >= 11 is 0. The van der Waals surface area contributed by atoms with Crippen molar-refractivity contribution in [2.45, 2.75) is 20.5 Å². The number of nitrogens with zero attached hydrogens (tertiary/aromatic N) is 1. The van der Waals surface area contributed by atoms with Crippen molar-refractivity contribution in [3.8, 4) is 0 Å². The SMILES string of the molecule is CC(C)C(=O)N(C)c1ccc(CO)cc1. The third kappa shape index (κ3) is 2.80. The molecule has 0 radical (unpaired) electrons. The molecule has 1 rings (SSSR count). The summed E-state index contributed by atoms with van der Waals surface area (Å²) in [6, 6.07) is 7.32. The van der Waals surface area contributed by atoms with E-state index in [4.69, 9.17) is 5.11 Å². The average Bonchev–Trinajstić information content (AvgIpc) is 2.27. The van der Waals surface area contributed by atoms with Crippen molar-refractivity contribution < 1.29 is 9.90 Å². The summed E-state index contributed by atoms with van der Waals surface area (Å²) in [7, 11) is 1.76. The third-order valence-corrected chi connectivity index (χ3v) is 2.33. The summed E-state index contributed by atoms with van der Waals surface area (Å²) in [4.78, 5) is 13.3. The number of benzene rings is 1. The maximum Gasteiger partial charge on any atom is 0.229 e. The number of hydrogen-bond acceptors (Lipinski definition) is 2. The average molecular weight is 207 g/mol. The standard InChI is InChI=1S/C12H17NO2/c1-9(2)12(15)13(3)11-6-4-10(8-14)5-7-11/h4-7,9,14H,8H2,1-3H3. The number of hydrogen-bond donors (Lipinski definition) is 1. The molecule has 0 aliphatic carbocycles. The molecule has 1 N–H and O–H groups in total. The van der Waals surface area contributed by atoms with Crippen LogP contribution in [0.25, 0.3) is 0 Å². The van der Waals surface area contributed by atoms with Crippen molar-refractivity contribution in [1.82, 2.24) is 0 Å². The molecule has 0 unspecified atom stereocenters. The Morgan fingerprint density at radius 3 is 2.27 bits per heavy atom. The molecule has 1 aromatic carbocycles. The van der Waals surface area contributed by atoms with Crippen LogP contribution in [0, 0.1) is 5.92 Å². The van der Waals surface area contributed by atoms with Crippen LogP contribution in [0.5, 0.6) is 0 Å². The van der Waals surface area contributed by atoms with Crippen LogP contribution in [-0.2, 0) is 11.4 Å². The minimum atomic E-state index is -0.00693. The van der Waals surface area contributed by atoms with Crippen molar-refractivity contribution >= 4 is 11.6 Å². The first kappa shape index (κ1) is 11.7. The molecule has 1 amide bonds. The van der Waals surface area contributed by atoms with Gasteiger partial charge in [0.1, 0.15) is 0 Å². The fraction of sp³-hybridized carbons (Fsp3) is 0.417. The van der Waals surface area contributed by atoms with E-state index in [2.05, 4.69) is 0 Å². The lowest BCUT2D eigenvalue weighted by molar-refractivity contribution is -0.121. The summed E-state index contributed by atoms with van der Waals surface area (Å²) in [5, 5.41) is 8.88. The van der Waals surface area contributed by atoms with Crippen molar-refractivity contribution in [3.05, 3.63) is 29.8 Å². The van der Waals surface area contributed by atoms with Gasteiger partial charge in [-0.25, -0.2) is 0 Å². The Bertz CT molecular complexity index is 330. The zero-order valence-electron chi connectivity index (χ0n) is 9.40. The predicted molar refractivity (Wildman–Crippen MR) is 60.6 cm³/mol.